The second-order valence-corrected chi connectivity index (χ2v) is 4.38. The summed E-state index contributed by atoms with van der Waals surface area (Å²) in [7, 11) is 1.37. The Morgan fingerprint density at radius 3 is 3.21 bits per heavy atom. The number of carbonyl (C=O) groups excluding carboxylic acids is 1. The van der Waals surface area contributed by atoms with Gasteiger partial charge in [0, 0.05) is 18.8 Å². The third-order valence-electron chi connectivity index (χ3n) is 3.10. The van der Waals surface area contributed by atoms with Crippen molar-refractivity contribution in [2.75, 3.05) is 31.7 Å². The van der Waals surface area contributed by atoms with Crippen molar-refractivity contribution in [3.05, 3.63) is 29.8 Å². The first kappa shape index (κ1) is 13.4. The van der Waals surface area contributed by atoms with Crippen molar-refractivity contribution in [3.63, 3.8) is 0 Å². The molecule has 5 nitrogen and oxygen atoms in total. The monoisotopic (exact) mass is 260 g/mol. The summed E-state index contributed by atoms with van der Waals surface area (Å²) in [5.41, 5.74) is 1.62. The fourth-order valence-corrected chi connectivity index (χ4v) is 2.12. The number of rotatable bonds is 3. The summed E-state index contributed by atoms with van der Waals surface area (Å²) >= 11 is 0. The molecule has 1 aliphatic heterocycles. The highest BCUT2D eigenvalue weighted by Gasteiger charge is 2.23. The topological polar surface area (TPSA) is 62.6 Å². The van der Waals surface area contributed by atoms with Gasteiger partial charge in [-0.15, -0.1) is 0 Å². The summed E-state index contributed by atoms with van der Waals surface area (Å²) < 4.78 is 10.2. The summed E-state index contributed by atoms with van der Waals surface area (Å²) in [6.07, 6.45) is 0.0947. The van der Waals surface area contributed by atoms with E-state index in [9.17, 15) is 4.79 Å². The normalized spacial score (nSPS) is 18.7. The van der Waals surface area contributed by atoms with Crippen LogP contribution in [0.1, 0.15) is 12.0 Å². The van der Waals surface area contributed by atoms with E-state index in [-0.39, 0.29) is 18.5 Å². The molecule has 1 aromatic rings. The molecule has 1 saturated heterocycles. The van der Waals surface area contributed by atoms with Crippen molar-refractivity contribution in [1.82, 2.24) is 0 Å². The van der Waals surface area contributed by atoms with E-state index >= 15 is 0 Å². The molecule has 0 saturated carbocycles. The Morgan fingerprint density at radius 2 is 2.47 bits per heavy atom. The number of methoxy groups -OCH3 is 1. The Labute approximate surface area is 112 Å². The van der Waals surface area contributed by atoms with E-state index in [0.29, 0.717) is 18.7 Å². The fourth-order valence-electron chi connectivity index (χ4n) is 2.12. The predicted octanol–water partition coefficient (Wildman–Crippen LogP) is 1.33. The molecule has 5 heteroatoms. The van der Waals surface area contributed by atoms with Crippen molar-refractivity contribution in [2.45, 2.75) is 12.5 Å². The average Bonchev–Trinajstić information content (AvgIpc) is 2.47. The molecule has 19 heavy (non-hydrogen) atoms. The maximum absolute atomic E-state index is 11.3. The number of nitriles is 1. The maximum Gasteiger partial charge on any atom is 0.308 e. The molecule has 1 atom stereocenters. The van der Waals surface area contributed by atoms with Crippen molar-refractivity contribution < 1.29 is 14.3 Å². The van der Waals surface area contributed by atoms with E-state index in [1.54, 1.807) is 6.07 Å². The minimum absolute atomic E-state index is 0.160. The molecule has 2 rings (SSSR count). The van der Waals surface area contributed by atoms with Crippen LogP contribution in [-0.4, -0.2) is 38.9 Å². The fraction of sp³-hybridized carbons (Fsp3) is 0.429. The molecule has 0 bridgehead atoms. The first-order valence-electron chi connectivity index (χ1n) is 6.16. The van der Waals surface area contributed by atoms with Gasteiger partial charge in [-0.05, 0) is 18.2 Å². The number of benzene rings is 1. The number of anilines is 1. The zero-order valence-electron chi connectivity index (χ0n) is 10.8. The highest BCUT2D eigenvalue weighted by molar-refractivity contribution is 5.70. The summed E-state index contributed by atoms with van der Waals surface area (Å²) in [5, 5.41) is 8.91. The number of ether oxygens (including phenoxy) is 2. The van der Waals surface area contributed by atoms with Crippen LogP contribution in [-0.2, 0) is 14.3 Å². The SMILES string of the molecule is COC(=O)CC1CN(c2cccc(C#N)c2)CCO1. The van der Waals surface area contributed by atoms with Gasteiger partial charge < -0.3 is 14.4 Å². The van der Waals surface area contributed by atoms with Crippen LogP contribution in [0, 0.1) is 11.3 Å². The standard InChI is InChI=1S/C14H16N2O3/c1-18-14(17)8-13-10-16(5-6-19-13)12-4-2-3-11(7-12)9-15/h2-4,7,13H,5-6,8,10H2,1H3. The zero-order chi connectivity index (χ0) is 13.7. The van der Waals surface area contributed by atoms with Crippen LogP contribution in [0.15, 0.2) is 24.3 Å². The van der Waals surface area contributed by atoms with Crippen molar-refractivity contribution >= 4 is 11.7 Å². The summed E-state index contributed by atoms with van der Waals surface area (Å²) in [6, 6.07) is 9.57. The van der Waals surface area contributed by atoms with E-state index in [0.717, 1.165) is 12.2 Å². The van der Waals surface area contributed by atoms with Crippen LogP contribution < -0.4 is 4.90 Å². The van der Waals surface area contributed by atoms with Crippen LogP contribution in [0.25, 0.3) is 0 Å². The summed E-state index contributed by atoms with van der Waals surface area (Å²) in [4.78, 5) is 13.4. The van der Waals surface area contributed by atoms with Crippen LogP contribution in [0.3, 0.4) is 0 Å². The smallest absolute Gasteiger partial charge is 0.308 e. The van der Waals surface area contributed by atoms with E-state index in [1.807, 2.05) is 18.2 Å². The lowest BCUT2D eigenvalue weighted by Gasteiger charge is -2.34. The van der Waals surface area contributed by atoms with E-state index in [2.05, 4.69) is 15.7 Å². The summed E-state index contributed by atoms with van der Waals surface area (Å²) in [6.45, 7) is 1.95. The molecule has 1 aliphatic rings. The molecular formula is C14H16N2O3. The Morgan fingerprint density at radius 1 is 1.63 bits per heavy atom. The highest BCUT2D eigenvalue weighted by Crippen LogP contribution is 2.20. The molecule has 0 N–H and O–H groups in total. The van der Waals surface area contributed by atoms with Gasteiger partial charge in [-0.25, -0.2) is 0 Å². The minimum Gasteiger partial charge on any atom is -0.469 e. The van der Waals surface area contributed by atoms with Gasteiger partial charge >= 0.3 is 5.97 Å². The van der Waals surface area contributed by atoms with E-state index in [4.69, 9.17) is 10.00 Å². The largest absolute Gasteiger partial charge is 0.469 e. The minimum atomic E-state index is -0.266. The molecule has 1 aromatic carbocycles. The first-order chi connectivity index (χ1) is 9.22. The maximum atomic E-state index is 11.3. The molecule has 0 radical (unpaired) electrons. The molecule has 1 heterocycles. The van der Waals surface area contributed by atoms with E-state index < -0.39 is 0 Å². The Kier molecular flexibility index (Phi) is 4.37. The third-order valence-corrected chi connectivity index (χ3v) is 3.10. The van der Waals surface area contributed by atoms with Crippen LogP contribution >= 0.6 is 0 Å². The van der Waals surface area contributed by atoms with Crippen molar-refractivity contribution in [2.24, 2.45) is 0 Å². The molecule has 100 valence electrons. The average molecular weight is 260 g/mol. The van der Waals surface area contributed by atoms with Crippen molar-refractivity contribution in [3.8, 4) is 6.07 Å². The van der Waals surface area contributed by atoms with E-state index in [1.165, 1.54) is 7.11 Å². The van der Waals surface area contributed by atoms with Gasteiger partial charge in [-0.2, -0.15) is 5.26 Å². The number of morpholine rings is 1. The lowest BCUT2D eigenvalue weighted by molar-refractivity contribution is -0.144. The van der Waals surface area contributed by atoms with Gasteiger partial charge in [0.25, 0.3) is 0 Å². The van der Waals surface area contributed by atoms with Crippen LogP contribution in [0.2, 0.25) is 0 Å². The Bertz CT molecular complexity index is 496. The van der Waals surface area contributed by atoms with Gasteiger partial charge in [-0.1, -0.05) is 6.07 Å². The molecule has 1 unspecified atom stereocenters. The molecule has 0 spiro atoms. The van der Waals surface area contributed by atoms with Gasteiger partial charge in [0.05, 0.1) is 37.9 Å². The molecular weight excluding hydrogens is 244 g/mol. The predicted molar refractivity (Wildman–Crippen MR) is 69.7 cm³/mol. The molecule has 1 fully saturated rings. The Balaban J connectivity index is 2.04. The van der Waals surface area contributed by atoms with Gasteiger partial charge in [0.2, 0.25) is 0 Å². The third kappa shape index (κ3) is 3.46. The number of hydrogen-bond donors (Lipinski definition) is 0. The lowest BCUT2D eigenvalue weighted by Crippen LogP contribution is -2.43. The van der Waals surface area contributed by atoms with Gasteiger partial charge in [0.1, 0.15) is 0 Å². The summed E-state index contributed by atoms with van der Waals surface area (Å²) in [5.74, 6) is -0.266. The number of esters is 1. The van der Waals surface area contributed by atoms with Crippen LogP contribution in [0.5, 0.6) is 0 Å². The second kappa shape index (κ2) is 6.21. The van der Waals surface area contributed by atoms with Crippen LogP contribution in [0.4, 0.5) is 5.69 Å². The van der Waals surface area contributed by atoms with Gasteiger partial charge in [-0.3, -0.25) is 4.79 Å². The number of nitrogens with zero attached hydrogens (tertiary/aromatic N) is 2. The first-order valence-corrected chi connectivity index (χ1v) is 6.16. The second-order valence-electron chi connectivity index (χ2n) is 4.38. The molecule has 0 aliphatic carbocycles. The van der Waals surface area contributed by atoms with Crippen molar-refractivity contribution in [1.29, 1.82) is 5.26 Å². The lowest BCUT2D eigenvalue weighted by atomic mass is 10.1. The zero-order valence-corrected chi connectivity index (χ0v) is 10.8. The molecule has 0 aromatic heterocycles. The highest BCUT2D eigenvalue weighted by atomic mass is 16.5. The molecule has 0 amide bonds. The van der Waals surface area contributed by atoms with Gasteiger partial charge in [0.15, 0.2) is 0 Å². The number of hydrogen-bond acceptors (Lipinski definition) is 5. The Hall–Kier alpha value is -2.06. The quantitative estimate of drug-likeness (QED) is 0.767. The number of carbonyl (C=O) groups is 1.